The van der Waals surface area contributed by atoms with Crippen LogP contribution in [-0.4, -0.2) is 12.2 Å². The van der Waals surface area contributed by atoms with Crippen molar-refractivity contribution >= 4 is 11.0 Å². The van der Waals surface area contributed by atoms with Crippen LogP contribution in [0.15, 0.2) is 57.7 Å². The lowest BCUT2D eigenvalue weighted by molar-refractivity contribution is 0.415. The molecule has 0 atom stereocenters. The maximum Gasteiger partial charge on any atom is 0.348 e. The third-order valence-corrected chi connectivity index (χ3v) is 3.16. The Labute approximate surface area is 114 Å². The highest BCUT2D eigenvalue weighted by Crippen LogP contribution is 2.37. The summed E-state index contributed by atoms with van der Waals surface area (Å²) in [5.74, 6) is 0.409. The molecule has 0 bridgehead atoms. The van der Waals surface area contributed by atoms with Gasteiger partial charge in [0.15, 0.2) is 0 Å². The average molecular weight is 268 g/mol. The zero-order valence-corrected chi connectivity index (χ0v) is 10.8. The molecule has 0 fully saturated rings. The van der Waals surface area contributed by atoms with Crippen LogP contribution in [0, 0.1) is 0 Å². The molecular weight excluding hydrogens is 256 g/mol. The molecule has 0 saturated heterocycles. The van der Waals surface area contributed by atoms with E-state index in [2.05, 4.69) is 0 Å². The van der Waals surface area contributed by atoms with Gasteiger partial charge in [0.2, 0.25) is 0 Å². The van der Waals surface area contributed by atoms with E-state index < -0.39 is 5.63 Å². The molecule has 0 aliphatic rings. The van der Waals surface area contributed by atoms with Gasteiger partial charge in [-0.25, -0.2) is 4.79 Å². The lowest BCUT2D eigenvalue weighted by Crippen LogP contribution is -2.04. The number of para-hydroxylation sites is 2. The van der Waals surface area contributed by atoms with Crippen molar-refractivity contribution in [3.63, 3.8) is 0 Å². The van der Waals surface area contributed by atoms with Crippen molar-refractivity contribution in [3.05, 3.63) is 59.0 Å². The summed E-state index contributed by atoms with van der Waals surface area (Å²) in [5.41, 5.74) is 0.382. The second-order valence-electron chi connectivity index (χ2n) is 4.31. The molecule has 0 radical (unpaired) electrons. The molecule has 1 N–H and O–H groups in total. The number of hydrogen-bond donors (Lipinski definition) is 1. The normalized spacial score (nSPS) is 10.7. The Morgan fingerprint density at radius 3 is 2.55 bits per heavy atom. The van der Waals surface area contributed by atoms with E-state index in [0.717, 1.165) is 0 Å². The van der Waals surface area contributed by atoms with Gasteiger partial charge in [-0.3, -0.25) is 0 Å². The van der Waals surface area contributed by atoms with E-state index in [9.17, 15) is 9.90 Å². The SMILES string of the molecule is COc1ccccc1-c1c(O)c2ccccc2oc1=O. The minimum absolute atomic E-state index is 0.0960. The number of benzene rings is 2. The molecule has 0 spiro atoms. The Bertz CT molecular complexity index is 833. The monoisotopic (exact) mass is 268 g/mol. The highest BCUT2D eigenvalue weighted by atomic mass is 16.5. The highest BCUT2D eigenvalue weighted by Gasteiger charge is 2.18. The summed E-state index contributed by atoms with van der Waals surface area (Å²) in [6.45, 7) is 0. The van der Waals surface area contributed by atoms with E-state index in [1.165, 1.54) is 7.11 Å². The van der Waals surface area contributed by atoms with Crippen LogP contribution >= 0.6 is 0 Å². The summed E-state index contributed by atoms with van der Waals surface area (Å²) in [6.07, 6.45) is 0. The van der Waals surface area contributed by atoms with Crippen LogP contribution in [0.3, 0.4) is 0 Å². The third kappa shape index (κ3) is 1.82. The first-order valence-corrected chi connectivity index (χ1v) is 6.10. The van der Waals surface area contributed by atoms with E-state index in [-0.39, 0.29) is 11.3 Å². The molecule has 2 aromatic carbocycles. The first-order valence-electron chi connectivity index (χ1n) is 6.10. The molecule has 0 amide bonds. The quantitative estimate of drug-likeness (QED) is 0.725. The van der Waals surface area contributed by atoms with Gasteiger partial charge in [-0.1, -0.05) is 30.3 Å². The van der Waals surface area contributed by atoms with Gasteiger partial charge in [0.1, 0.15) is 22.6 Å². The Morgan fingerprint density at radius 2 is 1.75 bits per heavy atom. The van der Waals surface area contributed by atoms with Crippen LogP contribution in [0.25, 0.3) is 22.1 Å². The van der Waals surface area contributed by atoms with E-state index in [1.807, 2.05) is 0 Å². The fourth-order valence-corrected chi connectivity index (χ4v) is 2.22. The molecule has 0 unspecified atom stereocenters. The van der Waals surface area contributed by atoms with Crippen LogP contribution in [0.2, 0.25) is 0 Å². The highest BCUT2D eigenvalue weighted by molar-refractivity contribution is 5.91. The number of fused-ring (bicyclic) bond motifs is 1. The average Bonchev–Trinajstić information content (AvgIpc) is 2.48. The van der Waals surface area contributed by atoms with Crippen molar-refractivity contribution in [1.82, 2.24) is 0 Å². The van der Waals surface area contributed by atoms with Gasteiger partial charge in [-0.2, -0.15) is 0 Å². The van der Waals surface area contributed by atoms with Gasteiger partial charge in [0, 0.05) is 5.56 Å². The number of methoxy groups -OCH3 is 1. The smallest absolute Gasteiger partial charge is 0.348 e. The van der Waals surface area contributed by atoms with Crippen LogP contribution in [0.5, 0.6) is 11.5 Å². The second-order valence-corrected chi connectivity index (χ2v) is 4.31. The van der Waals surface area contributed by atoms with Crippen molar-refractivity contribution in [3.8, 4) is 22.6 Å². The van der Waals surface area contributed by atoms with Crippen LogP contribution in [-0.2, 0) is 0 Å². The first kappa shape index (κ1) is 12.3. The molecule has 4 nitrogen and oxygen atoms in total. The lowest BCUT2D eigenvalue weighted by Gasteiger charge is -2.10. The number of rotatable bonds is 2. The molecule has 0 saturated carbocycles. The van der Waals surface area contributed by atoms with Crippen LogP contribution < -0.4 is 10.4 Å². The van der Waals surface area contributed by atoms with Gasteiger partial charge in [-0.05, 0) is 18.2 Å². The fraction of sp³-hybridized carbons (Fsp3) is 0.0625. The summed E-state index contributed by atoms with van der Waals surface area (Å²) < 4.78 is 10.5. The maximum atomic E-state index is 12.1. The van der Waals surface area contributed by atoms with Gasteiger partial charge in [0.05, 0.1) is 12.5 Å². The fourth-order valence-electron chi connectivity index (χ4n) is 2.22. The predicted molar refractivity (Wildman–Crippen MR) is 76.1 cm³/mol. The summed E-state index contributed by atoms with van der Waals surface area (Å²) in [6, 6.07) is 13.9. The third-order valence-electron chi connectivity index (χ3n) is 3.16. The maximum absolute atomic E-state index is 12.1. The zero-order chi connectivity index (χ0) is 14.1. The molecular formula is C16H12O4. The molecule has 3 rings (SSSR count). The molecule has 1 aromatic heterocycles. The Balaban J connectivity index is 2.40. The first-order chi connectivity index (χ1) is 9.72. The predicted octanol–water partition coefficient (Wildman–Crippen LogP) is 3.17. The zero-order valence-electron chi connectivity index (χ0n) is 10.8. The molecule has 0 aliphatic heterocycles. The minimum atomic E-state index is -0.592. The summed E-state index contributed by atoms with van der Waals surface area (Å²) in [7, 11) is 1.51. The van der Waals surface area contributed by atoms with E-state index >= 15 is 0 Å². The van der Waals surface area contributed by atoms with Gasteiger partial charge >= 0.3 is 5.63 Å². The summed E-state index contributed by atoms with van der Waals surface area (Å²) in [4.78, 5) is 12.1. The molecule has 1 heterocycles. The standard InChI is InChI=1S/C16H12O4/c1-19-12-8-4-2-6-10(12)14-15(17)11-7-3-5-9-13(11)20-16(14)18/h2-9,17H,1H3. The van der Waals surface area contributed by atoms with E-state index in [4.69, 9.17) is 9.15 Å². The Kier molecular flexibility index (Phi) is 2.91. The van der Waals surface area contributed by atoms with Crippen LogP contribution in [0.4, 0.5) is 0 Å². The van der Waals surface area contributed by atoms with Gasteiger partial charge in [0.25, 0.3) is 0 Å². The largest absolute Gasteiger partial charge is 0.506 e. The topological polar surface area (TPSA) is 59.7 Å². The Hall–Kier alpha value is -2.75. The van der Waals surface area contributed by atoms with Crippen molar-refractivity contribution in [1.29, 1.82) is 0 Å². The number of ether oxygens (including phenoxy) is 1. The lowest BCUT2D eigenvalue weighted by atomic mass is 10.0. The Morgan fingerprint density at radius 1 is 1.05 bits per heavy atom. The van der Waals surface area contributed by atoms with E-state index in [0.29, 0.717) is 22.3 Å². The number of aromatic hydroxyl groups is 1. The molecule has 0 aliphatic carbocycles. The molecule has 3 aromatic rings. The van der Waals surface area contributed by atoms with Crippen molar-refractivity contribution in [2.45, 2.75) is 0 Å². The van der Waals surface area contributed by atoms with E-state index in [1.54, 1.807) is 48.5 Å². The van der Waals surface area contributed by atoms with Gasteiger partial charge < -0.3 is 14.3 Å². The molecule has 4 heteroatoms. The summed E-state index contributed by atoms with van der Waals surface area (Å²) in [5, 5.41) is 10.9. The molecule has 20 heavy (non-hydrogen) atoms. The minimum Gasteiger partial charge on any atom is -0.506 e. The van der Waals surface area contributed by atoms with Crippen LogP contribution in [0.1, 0.15) is 0 Å². The van der Waals surface area contributed by atoms with Crippen molar-refractivity contribution < 1.29 is 14.3 Å². The number of hydrogen-bond acceptors (Lipinski definition) is 4. The van der Waals surface area contributed by atoms with Gasteiger partial charge in [-0.15, -0.1) is 0 Å². The summed E-state index contributed by atoms with van der Waals surface area (Å²) >= 11 is 0. The molecule has 100 valence electrons. The van der Waals surface area contributed by atoms with Crippen molar-refractivity contribution in [2.75, 3.05) is 7.11 Å². The second kappa shape index (κ2) is 4.74. The van der Waals surface area contributed by atoms with Crippen molar-refractivity contribution in [2.24, 2.45) is 0 Å².